The third-order valence-corrected chi connectivity index (χ3v) is 7.72. The highest BCUT2D eigenvalue weighted by Crippen LogP contribution is 2.40. The third kappa shape index (κ3) is 5.64. The van der Waals surface area contributed by atoms with Crippen molar-refractivity contribution in [2.45, 2.75) is 53.1 Å². The van der Waals surface area contributed by atoms with Crippen LogP contribution in [0, 0.1) is 13.8 Å². The van der Waals surface area contributed by atoms with Gasteiger partial charge in [-0.15, -0.1) is 22.7 Å². The zero-order valence-corrected chi connectivity index (χ0v) is 21.7. The van der Waals surface area contributed by atoms with Crippen molar-refractivity contribution in [2.24, 2.45) is 5.92 Å². The van der Waals surface area contributed by atoms with Gasteiger partial charge in [0.1, 0.15) is 0 Å². The topological polar surface area (TPSA) is 160 Å². The molecule has 1 saturated heterocycles. The lowest BCUT2D eigenvalue weighted by Crippen LogP contribution is -2.29. The summed E-state index contributed by atoms with van der Waals surface area (Å²) < 4.78 is 16.5. The zero-order valence-electron chi connectivity index (χ0n) is 18.4. The van der Waals surface area contributed by atoms with E-state index in [-0.39, 0.29) is 37.3 Å². The maximum Gasteiger partial charge on any atom is 0.303 e. The fourth-order valence-corrected chi connectivity index (χ4v) is 6.02. The van der Waals surface area contributed by atoms with Crippen LogP contribution >= 0.6 is 47.1 Å². The third-order valence-electron chi connectivity index (χ3n) is 5.23. The molecule has 11 nitrogen and oxygen atoms in total. The summed E-state index contributed by atoms with van der Waals surface area (Å²) >= 11 is 13.2. The molecule has 0 unspecified atom stereocenters. The van der Waals surface area contributed by atoms with Crippen molar-refractivity contribution in [3.05, 3.63) is 20.3 Å². The molecule has 5 N–H and O–H groups in total. The lowest BCUT2D eigenvalue weighted by Gasteiger charge is -2.22. The van der Waals surface area contributed by atoms with Crippen molar-refractivity contribution in [2.75, 3.05) is 11.5 Å². The number of aromatic nitrogens is 6. The van der Waals surface area contributed by atoms with Crippen LogP contribution in [0.5, 0.6) is 0 Å². The van der Waals surface area contributed by atoms with E-state index in [9.17, 15) is 4.79 Å². The summed E-state index contributed by atoms with van der Waals surface area (Å²) in [4.78, 5) is 30.5. The van der Waals surface area contributed by atoms with Gasteiger partial charge in [-0.3, -0.25) is 9.36 Å². The van der Waals surface area contributed by atoms with Crippen LogP contribution in [-0.4, -0.2) is 47.7 Å². The highest BCUT2D eigenvalue weighted by Gasteiger charge is 2.45. The van der Waals surface area contributed by atoms with E-state index in [1.54, 1.807) is 17.0 Å². The molecule has 5 heterocycles. The first-order valence-electron chi connectivity index (χ1n) is 10.3. The van der Waals surface area contributed by atoms with Crippen molar-refractivity contribution >= 4 is 85.7 Å². The lowest BCUT2D eigenvalue weighted by atomic mass is 9.98. The van der Waals surface area contributed by atoms with Crippen molar-refractivity contribution < 1.29 is 14.3 Å². The number of hydrogen-bond donors (Lipinski definition) is 3. The average Bonchev–Trinajstić information content (AvgIpc) is 3.40. The molecule has 0 bridgehead atoms. The Labute approximate surface area is 219 Å². The molecule has 0 spiro atoms. The number of rotatable bonds is 3. The van der Waals surface area contributed by atoms with Gasteiger partial charge in [-0.05, 0) is 30.9 Å². The molecule has 0 aliphatic carbocycles. The van der Waals surface area contributed by atoms with Crippen molar-refractivity contribution in [3.63, 3.8) is 0 Å². The minimum Gasteiger partial charge on any atom is -0.457 e. The number of aromatic amines is 1. The van der Waals surface area contributed by atoms with Crippen LogP contribution in [0.25, 0.3) is 20.7 Å². The van der Waals surface area contributed by atoms with Crippen LogP contribution < -0.4 is 11.5 Å². The van der Waals surface area contributed by atoms with Gasteiger partial charge in [-0.2, -0.15) is 9.97 Å². The molecular formula is C20H26N8O3S4. The molecule has 35 heavy (non-hydrogen) atoms. The van der Waals surface area contributed by atoms with E-state index >= 15 is 0 Å². The second-order valence-corrected chi connectivity index (χ2v) is 10.9. The molecule has 4 atom stereocenters. The number of nitrogens with one attached hydrogen (secondary N) is 1. The normalized spacial score (nSPS) is 21.3. The number of carbonyl (C=O) groups is 1. The minimum atomic E-state index is -0.505. The van der Waals surface area contributed by atoms with E-state index in [0.29, 0.717) is 19.2 Å². The van der Waals surface area contributed by atoms with Gasteiger partial charge in [0.2, 0.25) is 11.9 Å². The van der Waals surface area contributed by atoms with Gasteiger partial charge in [-0.1, -0.05) is 21.3 Å². The summed E-state index contributed by atoms with van der Waals surface area (Å²) in [6, 6.07) is 0. The highest BCUT2D eigenvalue weighted by atomic mass is 32.2. The standard InChI is InChI=1S/C14H18N4O3S2.C5H4N4S2.CH4/c1-4-8-6(2)10(20-7(3)19)12(21-8)18-11-9(23-14(18)22)5-16-13(15)17-11;6-4-7-1-2-3(8-4)9-5(10)11-2;/h5-6,8,10,12H,4H2,1-3H3,(H2,15,16,17);1H,(H3,6,7,8,9,10);1H4/t6-,8-,10-,12-;;/m1../s1. The number of carbonyl (C=O) groups excluding carboxylic acids is 1. The average molecular weight is 555 g/mol. The van der Waals surface area contributed by atoms with Crippen molar-refractivity contribution in [3.8, 4) is 0 Å². The van der Waals surface area contributed by atoms with Gasteiger partial charge >= 0.3 is 5.97 Å². The predicted molar refractivity (Wildman–Crippen MR) is 143 cm³/mol. The molecule has 188 valence electrons. The second kappa shape index (κ2) is 11.0. The van der Waals surface area contributed by atoms with Crippen LogP contribution in [0.4, 0.5) is 11.9 Å². The quantitative estimate of drug-likeness (QED) is 0.239. The Morgan fingerprint density at radius 2 is 1.86 bits per heavy atom. The van der Waals surface area contributed by atoms with Gasteiger partial charge in [0.05, 0.1) is 27.9 Å². The number of H-pyrrole nitrogens is 1. The Bertz CT molecular complexity index is 1460. The molecule has 1 fully saturated rings. The number of nitrogens with zero attached hydrogens (tertiary/aromatic N) is 5. The Kier molecular flexibility index (Phi) is 8.48. The Morgan fingerprint density at radius 1 is 1.20 bits per heavy atom. The van der Waals surface area contributed by atoms with E-state index in [1.165, 1.54) is 29.6 Å². The van der Waals surface area contributed by atoms with Gasteiger partial charge in [0.25, 0.3) is 0 Å². The fraction of sp³-hybridized carbons (Fsp3) is 0.450. The number of fused-ring (bicyclic) bond motifs is 2. The molecule has 0 amide bonds. The molecule has 15 heteroatoms. The number of ether oxygens (including phenoxy) is 2. The van der Waals surface area contributed by atoms with Gasteiger partial charge < -0.3 is 25.9 Å². The van der Waals surface area contributed by atoms with Gasteiger partial charge in [0.15, 0.2) is 31.5 Å². The number of anilines is 2. The monoisotopic (exact) mass is 554 g/mol. The van der Waals surface area contributed by atoms with Crippen LogP contribution in [0.2, 0.25) is 0 Å². The van der Waals surface area contributed by atoms with Gasteiger partial charge in [-0.25, -0.2) is 9.97 Å². The van der Waals surface area contributed by atoms with Crippen LogP contribution in [0.15, 0.2) is 12.4 Å². The molecule has 5 rings (SSSR count). The molecule has 0 aromatic carbocycles. The highest BCUT2D eigenvalue weighted by molar-refractivity contribution is 7.74. The summed E-state index contributed by atoms with van der Waals surface area (Å²) in [7, 11) is 0. The molecule has 0 saturated carbocycles. The second-order valence-electron chi connectivity index (χ2n) is 7.52. The molecule has 1 aliphatic heterocycles. The van der Waals surface area contributed by atoms with E-state index < -0.39 is 12.3 Å². The maximum atomic E-state index is 11.5. The minimum absolute atomic E-state index is 0. The van der Waals surface area contributed by atoms with Crippen LogP contribution in [0.3, 0.4) is 0 Å². The Balaban J connectivity index is 0.000000239. The summed E-state index contributed by atoms with van der Waals surface area (Å²) in [5.74, 6) is 0.153. The number of thiazole rings is 2. The smallest absolute Gasteiger partial charge is 0.303 e. The number of nitrogens with two attached hydrogens (primary N) is 2. The summed E-state index contributed by atoms with van der Waals surface area (Å²) in [6.45, 7) is 5.46. The number of esters is 1. The zero-order chi connectivity index (χ0) is 24.6. The van der Waals surface area contributed by atoms with E-state index in [4.69, 9.17) is 45.4 Å². The Morgan fingerprint density at radius 3 is 2.51 bits per heavy atom. The first-order chi connectivity index (χ1) is 16.2. The SMILES string of the molecule is C.CC[C@H]1O[C@@H](n2c(=S)sc3cnc(N)nc32)[C@H](OC(C)=O)[C@@H]1C.Nc1ncc2sc(=S)[nH]c2n1. The summed E-state index contributed by atoms with van der Waals surface area (Å²) in [5.41, 5.74) is 12.4. The lowest BCUT2D eigenvalue weighted by molar-refractivity contribution is -0.153. The van der Waals surface area contributed by atoms with Crippen LogP contribution in [0.1, 0.15) is 40.8 Å². The first kappa shape index (κ1) is 27.0. The largest absolute Gasteiger partial charge is 0.457 e. The predicted octanol–water partition coefficient (Wildman–Crippen LogP) is 4.65. The van der Waals surface area contributed by atoms with Crippen LogP contribution in [-0.2, 0) is 14.3 Å². The Hall–Kier alpha value is -2.59. The molecule has 4 aromatic heterocycles. The van der Waals surface area contributed by atoms with E-state index in [0.717, 1.165) is 15.8 Å². The molecule has 0 radical (unpaired) electrons. The molecule has 4 aromatic rings. The molecule has 1 aliphatic rings. The fourth-order valence-electron chi connectivity index (χ4n) is 3.73. The maximum absolute atomic E-state index is 11.5. The van der Waals surface area contributed by atoms with Crippen molar-refractivity contribution in [1.82, 2.24) is 29.5 Å². The summed E-state index contributed by atoms with van der Waals surface area (Å²) in [6.07, 6.45) is 3.19. The van der Waals surface area contributed by atoms with E-state index in [1.807, 2.05) is 13.8 Å². The van der Waals surface area contributed by atoms with E-state index in [2.05, 4.69) is 24.9 Å². The van der Waals surface area contributed by atoms with Crippen molar-refractivity contribution in [1.29, 1.82) is 0 Å². The summed E-state index contributed by atoms with van der Waals surface area (Å²) in [5, 5.41) is 0. The van der Waals surface area contributed by atoms with Gasteiger partial charge in [0, 0.05) is 12.8 Å². The molecular weight excluding hydrogens is 529 g/mol. The first-order valence-corrected chi connectivity index (χ1v) is 12.7. The number of nitrogen functional groups attached to an aromatic ring is 2. The number of hydrogen-bond acceptors (Lipinski definition) is 13.